The minimum Gasteiger partial charge on any atom is -0.453 e. The summed E-state index contributed by atoms with van der Waals surface area (Å²) in [6, 6.07) is 9.70. The van der Waals surface area contributed by atoms with Crippen molar-refractivity contribution >= 4 is 18.2 Å². The molecule has 0 aliphatic carbocycles. The lowest BCUT2D eigenvalue weighted by Crippen LogP contribution is -2.11. The van der Waals surface area contributed by atoms with Crippen LogP contribution in [-0.2, 0) is 11.8 Å². The standard InChI is InChI=1S/C9H14NOPS/c1-10(2)12(3,13)11-9-7-5-4-6-8-9/h4-8H,1-3H3. The summed E-state index contributed by atoms with van der Waals surface area (Å²) in [5.74, 6) is 0.849. The molecular weight excluding hydrogens is 201 g/mol. The fourth-order valence-corrected chi connectivity index (χ4v) is 1.69. The van der Waals surface area contributed by atoms with Gasteiger partial charge in [0, 0.05) is 6.66 Å². The first-order chi connectivity index (χ1) is 6.02. The van der Waals surface area contributed by atoms with Crippen molar-refractivity contribution in [1.29, 1.82) is 0 Å². The monoisotopic (exact) mass is 215 g/mol. The zero-order valence-electron chi connectivity index (χ0n) is 8.10. The second-order valence-electron chi connectivity index (χ2n) is 3.05. The maximum atomic E-state index is 5.72. The third-order valence-electron chi connectivity index (χ3n) is 1.74. The minimum atomic E-state index is -1.82. The predicted octanol–water partition coefficient (Wildman–Crippen LogP) is 2.57. The van der Waals surface area contributed by atoms with E-state index >= 15 is 0 Å². The summed E-state index contributed by atoms with van der Waals surface area (Å²) in [6.07, 6.45) is -1.82. The van der Waals surface area contributed by atoms with Crippen molar-refractivity contribution < 1.29 is 4.52 Å². The Morgan fingerprint density at radius 3 is 2.23 bits per heavy atom. The third kappa shape index (κ3) is 3.11. The lowest BCUT2D eigenvalue weighted by Gasteiger charge is -2.25. The second-order valence-corrected chi connectivity index (χ2v) is 7.68. The van der Waals surface area contributed by atoms with Crippen LogP contribution in [-0.4, -0.2) is 25.4 Å². The van der Waals surface area contributed by atoms with Gasteiger partial charge in [0.1, 0.15) is 5.75 Å². The Morgan fingerprint density at radius 2 is 1.77 bits per heavy atom. The van der Waals surface area contributed by atoms with E-state index in [0.717, 1.165) is 5.75 Å². The summed E-state index contributed by atoms with van der Waals surface area (Å²) in [6.45, 7) is 1.97. The molecule has 0 amide bonds. The molecule has 1 rings (SSSR count). The summed E-state index contributed by atoms with van der Waals surface area (Å²) in [7, 11) is 3.90. The largest absolute Gasteiger partial charge is 0.453 e. The van der Waals surface area contributed by atoms with E-state index in [9.17, 15) is 0 Å². The summed E-state index contributed by atoms with van der Waals surface area (Å²) in [5.41, 5.74) is 0. The lowest BCUT2D eigenvalue weighted by molar-refractivity contribution is 0.532. The topological polar surface area (TPSA) is 12.5 Å². The molecule has 0 fully saturated rings. The molecule has 0 aliphatic heterocycles. The molecule has 0 bridgehead atoms. The fourth-order valence-electron chi connectivity index (χ4n) is 0.759. The molecule has 72 valence electrons. The van der Waals surface area contributed by atoms with Crippen molar-refractivity contribution in [3.8, 4) is 5.75 Å². The summed E-state index contributed by atoms with van der Waals surface area (Å²) in [5, 5.41) is 0. The highest BCUT2D eigenvalue weighted by Gasteiger charge is 2.14. The molecule has 0 saturated heterocycles. The van der Waals surface area contributed by atoms with Crippen molar-refractivity contribution in [2.24, 2.45) is 0 Å². The molecule has 2 nitrogen and oxygen atoms in total. The Labute approximate surface area is 84.7 Å². The first-order valence-electron chi connectivity index (χ1n) is 4.02. The quantitative estimate of drug-likeness (QED) is 0.719. The first kappa shape index (κ1) is 10.7. The fraction of sp³-hybridized carbons (Fsp3) is 0.333. The van der Waals surface area contributed by atoms with E-state index in [1.807, 2.05) is 55.8 Å². The predicted molar refractivity (Wildman–Crippen MR) is 61.0 cm³/mol. The van der Waals surface area contributed by atoms with Crippen LogP contribution < -0.4 is 4.52 Å². The zero-order chi connectivity index (χ0) is 9.90. The number of nitrogens with zero attached hydrogens (tertiary/aromatic N) is 1. The van der Waals surface area contributed by atoms with Crippen molar-refractivity contribution in [1.82, 2.24) is 4.67 Å². The average Bonchev–Trinajstić information content (AvgIpc) is 2.05. The molecule has 1 unspecified atom stereocenters. The van der Waals surface area contributed by atoms with Crippen LogP contribution in [0.25, 0.3) is 0 Å². The highest BCUT2D eigenvalue weighted by molar-refractivity contribution is 8.10. The Morgan fingerprint density at radius 1 is 1.23 bits per heavy atom. The van der Waals surface area contributed by atoms with Gasteiger partial charge in [-0.15, -0.1) is 0 Å². The number of rotatable bonds is 3. The highest BCUT2D eigenvalue weighted by Crippen LogP contribution is 2.44. The maximum Gasteiger partial charge on any atom is 0.177 e. The number of para-hydroxylation sites is 1. The van der Waals surface area contributed by atoms with Crippen LogP contribution in [0.5, 0.6) is 5.75 Å². The number of benzene rings is 1. The van der Waals surface area contributed by atoms with Crippen LogP contribution in [0.4, 0.5) is 0 Å². The lowest BCUT2D eigenvalue weighted by atomic mass is 10.3. The zero-order valence-corrected chi connectivity index (χ0v) is 9.81. The molecule has 0 heterocycles. The molecule has 0 spiro atoms. The van der Waals surface area contributed by atoms with Gasteiger partial charge in [-0.1, -0.05) is 18.2 Å². The molecule has 0 aliphatic rings. The normalized spacial score (nSPS) is 15.4. The molecule has 0 saturated carbocycles. The van der Waals surface area contributed by atoms with Gasteiger partial charge >= 0.3 is 0 Å². The Bertz CT molecular complexity index is 313. The van der Waals surface area contributed by atoms with Gasteiger partial charge in [0.15, 0.2) is 6.42 Å². The third-order valence-corrected chi connectivity index (χ3v) is 4.95. The van der Waals surface area contributed by atoms with Crippen molar-refractivity contribution in [3.63, 3.8) is 0 Å². The Kier molecular flexibility index (Phi) is 3.48. The molecule has 0 radical (unpaired) electrons. The van der Waals surface area contributed by atoms with E-state index in [-0.39, 0.29) is 0 Å². The summed E-state index contributed by atoms with van der Waals surface area (Å²) in [4.78, 5) is 0. The van der Waals surface area contributed by atoms with E-state index in [2.05, 4.69) is 0 Å². The second kappa shape index (κ2) is 4.23. The Balaban J connectivity index is 2.76. The molecule has 0 aromatic heterocycles. The van der Waals surface area contributed by atoms with E-state index in [1.54, 1.807) is 0 Å². The molecule has 0 N–H and O–H groups in total. The summed E-state index contributed by atoms with van der Waals surface area (Å²) >= 11 is 5.36. The molecule has 1 aromatic rings. The van der Waals surface area contributed by atoms with Gasteiger partial charge in [-0.25, -0.2) is 0 Å². The van der Waals surface area contributed by atoms with Gasteiger partial charge in [0.2, 0.25) is 0 Å². The van der Waals surface area contributed by atoms with Gasteiger partial charge < -0.3 is 4.52 Å². The van der Waals surface area contributed by atoms with Crippen LogP contribution in [0.15, 0.2) is 30.3 Å². The van der Waals surface area contributed by atoms with Gasteiger partial charge in [-0.2, -0.15) is 0 Å². The van der Waals surface area contributed by atoms with Crippen molar-refractivity contribution in [3.05, 3.63) is 30.3 Å². The van der Waals surface area contributed by atoms with Crippen LogP contribution in [0.1, 0.15) is 0 Å². The minimum absolute atomic E-state index is 0.849. The Hall–Kier alpha value is -0.370. The molecule has 1 aromatic carbocycles. The van der Waals surface area contributed by atoms with Gasteiger partial charge in [-0.05, 0) is 38.0 Å². The number of hydrogen-bond acceptors (Lipinski definition) is 2. The molecule has 1 atom stereocenters. The van der Waals surface area contributed by atoms with Gasteiger partial charge in [0.25, 0.3) is 0 Å². The van der Waals surface area contributed by atoms with Crippen molar-refractivity contribution in [2.75, 3.05) is 20.8 Å². The van der Waals surface area contributed by atoms with Crippen LogP contribution in [0, 0.1) is 0 Å². The van der Waals surface area contributed by atoms with Gasteiger partial charge in [-0.3, -0.25) is 4.67 Å². The maximum absolute atomic E-state index is 5.72. The van der Waals surface area contributed by atoms with E-state index in [0.29, 0.717) is 0 Å². The van der Waals surface area contributed by atoms with Crippen LogP contribution in [0.3, 0.4) is 0 Å². The number of hydrogen-bond donors (Lipinski definition) is 0. The molecular formula is C9H14NOPS. The van der Waals surface area contributed by atoms with Crippen LogP contribution in [0.2, 0.25) is 0 Å². The first-order valence-corrected chi connectivity index (χ1v) is 7.14. The molecule has 13 heavy (non-hydrogen) atoms. The smallest absolute Gasteiger partial charge is 0.177 e. The highest BCUT2D eigenvalue weighted by atomic mass is 32.4. The van der Waals surface area contributed by atoms with Crippen molar-refractivity contribution in [2.45, 2.75) is 0 Å². The van der Waals surface area contributed by atoms with E-state index in [4.69, 9.17) is 16.3 Å². The average molecular weight is 215 g/mol. The van der Waals surface area contributed by atoms with Crippen LogP contribution >= 0.6 is 6.42 Å². The summed E-state index contributed by atoms with van der Waals surface area (Å²) < 4.78 is 7.68. The SMILES string of the molecule is CN(C)P(C)(=S)Oc1ccccc1. The van der Waals surface area contributed by atoms with Gasteiger partial charge in [0.05, 0.1) is 0 Å². The van der Waals surface area contributed by atoms with E-state index < -0.39 is 6.42 Å². The molecule has 4 heteroatoms. The van der Waals surface area contributed by atoms with E-state index in [1.165, 1.54) is 0 Å².